The van der Waals surface area contributed by atoms with Crippen molar-refractivity contribution >= 4 is 11.7 Å². The van der Waals surface area contributed by atoms with Crippen LogP contribution in [0.3, 0.4) is 0 Å². The summed E-state index contributed by atoms with van der Waals surface area (Å²) in [5.74, 6) is 1.98. The van der Waals surface area contributed by atoms with Crippen molar-refractivity contribution in [3.63, 3.8) is 0 Å². The van der Waals surface area contributed by atoms with Crippen LogP contribution in [-0.4, -0.2) is 47.2 Å². The molecule has 2 aromatic rings. The van der Waals surface area contributed by atoms with Crippen LogP contribution in [0.25, 0.3) is 0 Å². The Bertz CT molecular complexity index is 857. The van der Waals surface area contributed by atoms with Crippen LogP contribution in [0.1, 0.15) is 38.7 Å². The molecule has 0 N–H and O–H groups in total. The fourth-order valence-corrected chi connectivity index (χ4v) is 3.09. The summed E-state index contributed by atoms with van der Waals surface area (Å²) in [6.07, 6.45) is 0. The number of rotatable bonds is 2. The van der Waals surface area contributed by atoms with E-state index in [4.69, 9.17) is 4.42 Å². The number of nitriles is 1. The molecular weight excluding hydrogens is 318 g/mol. The smallest absolute Gasteiger partial charge is 0.257 e. The van der Waals surface area contributed by atoms with Gasteiger partial charge in [0.1, 0.15) is 23.2 Å². The predicted molar refractivity (Wildman–Crippen MR) is 92.5 cm³/mol. The third-order valence-electron chi connectivity index (χ3n) is 4.69. The quantitative estimate of drug-likeness (QED) is 0.833. The number of amides is 1. The standard InChI is InChI=1S/C18H21N5O2/c1-11-9-15(14(4)25-11)18(24)23-7-5-22(6-8-23)17-16(10-19)12(2)13(3)20-21-17/h9H,5-8H2,1-4H3. The average molecular weight is 339 g/mol. The van der Waals surface area contributed by atoms with Gasteiger partial charge in [0.15, 0.2) is 5.82 Å². The number of carbonyl (C=O) groups excluding carboxylic acids is 1. The fraction of sp³-hybridized carbons (Fsp3) is 0.444. The van der Waals surface area contributed by atoms with Crippen molar-refractivity contribution in [2.75, 3.05) is 31.1 Å². The van der Waals surface area contributed by atoms with Gasteiger partial charge in [-0.05, 0) is 39.3 Å². The molecule has 0 radical (unpaired) electrons. The number of hydrogen-bond acceptors (Lipinski definition) is 6. The SMILES string of the molecule is Cc1cc(C(=O)N2CCN(c3nnc(C)c(C)c3C#N)CC2)c(C)o1. The van der Waals surface area contributed by atoms with Crippen LogP contribution >= 0.6 is 0 Å². The Kier molecular flexibility index (Phi) is 4.45. The van der Waals surface area contributed by atoms with Crippen LogP contribution in [0.2, 0.25) is 0 Å². The highest BCUT2D eigenvalue weighted by atomic mass is 16.3. The zero-order chi connectivity index (χ0) is 18.1. The Morgan fingerprint density at radius 3 is 2.40 bits per heavy atom. The molecule has 25 heavy (non-hydrogen) atoms. The monoisotopic (exact) mass is 339 g/mol. The number of aromatic nitrogens is 2. The van der Waals surface area contributed by atoms with Crippen LogP contribution < -0.4 is 4.90 Å². The van der Waals surface area contributed by atoms with Crippen molar-refractivity contribution in [3.05, 3.63) is 40.0 Å². The van der Waals surface area contributed by atoms with E-state index in [-0.39, 0.29) is 5.91 Å². The highest BCUT2D eigenvalue weighted by molar-refractivity contribution is 5.95. The molecule has 2 aromatic heterocycles. The molecule has 0 aromatic carbocycles. The zero-order valence-electron chi connectivity index (χ0n) is 15.0. The highest BCUT2D eigenvalue weighted by Gasteiger charge is 2.27. The molecule has 0 atom stereocenters. The molecule has 0 spiro atoms. The van der Waals surface area contributed by atoms with E-state index < -0.39 is 0 Å². The summed E-state index contributed by atoms with van der Waals surface area (Å²) in [7, 11) is 0. The lowest BCUT2D eigenvalue weighted by atomic mass is 10.1. The second kappa shape index (κ2) is 6.55. The van der Waals surface area contributed by atoms with Crippen molar-refractivity contribution in [3.8, 4) is 6.07 Å². The lowest BCUT2D eigenvalue weighted by molar-refractivity contribution is 0.0744. The molecule has 1 aliphatic rings. The molecule has 1 amide bonds. The van der Waals surface area contributed by atoms with Gasteiger partial charge >= 0.3 is 0 Å². The topological polar surface area (TPSA) is 86.3 Å². The Labute approximate surface area is 146 Å². The Balaban J connectivity index is 1.75. The third kappa shape index (κ3) is 3.07. The van der Waals surface area contributed by atoms with Gasteiger partial charge in [-0.15, -0.1) is 5.10 Å². The molecule has 0 saturated carbocycles. The largest absolute Gasteiger partial charge is 0.466 e. The van der Waals surface area contributed by atoms with Gasteiger partial charge in [-0.1, -0.05) is 0 Å². The first-order valence-corrected chi connectivity index (χ1v) is 8.27. The minimum absolute atomic E-state index is 0.0133. The predicted octanol–water partition coefficient (Wildman–Crippen LogP) is 2.14. The van der Waals surface area contributed by atoms with Crippen LogP contribution in [0, 0.1) is 39.0 Å². The summed E-state index contributed by atoms with van der Waals surface area (Å²) in [4.78, 5) is 16.5. The van der Waals surface area contributed by atoms with Crippen molar-refractivity contribution in [2.45, 2.75) is 27.7 Å². The van der Waals surface area contributed by atoms with Crippen LogP contribution in [0.4, 0.5) is 5.82 Å². The van der Waals surface area contributed by atoms with Crippen molar-refractivity contribution in [1.82, 2.24) is 15.1 Å². The summed E-state index contributed by atoms with van der Waals surface area (Å²) in [6.45, 7) is 9.75. The first-order valence-electron chi connectivity index (χ1n) is 8.27. The minimum Gasteiger partial charge on any atom is -0.466 e. The van der Waals surface area contributed by atoms with Gasteiger partial charge in [0, 0.05) is 26.2 Å². The summed E-state index contributed by atoms with van der Waals surface area (Å²) in [5, 5.41) is 17.8. The number of aryl methyl sites for hydroxylation is 3. The maximum Gasteiger partial charge on any atom is 0.257 e. The summed E-state index contributed by atoms with van der Waals surface area (Å²) in [5.41, 5.74) is 2.80. The average Bonchev–Trinajstić information content (AvgIpc) is 2.95. The van der Waals surface area contributed by atoms with Crippen LogP contribution in [0.15, 0.2) is 10.5 Å². The molecule has 1 aliphatic heterocycles. The van der Waals surface area contributed by atoms with Crippen LogP contribution in [0.5, 0.6) is 0 Å². The molecule has 0 aliphatic carbocycles. The molecule has 7 heteroatoms. The first-order chi connectivity index (χ1) is 11.9. The van der Waals surface area contributed by atoms with E-state index in [1.165, 1.54) is 0 Å². The van der Waals surface area contributed by atoms with Crippen molar-refractivity contribution in [1.29, 1.82) is 5.26 Å². The van der Waals surface area contributed by atoms with E-state index in [2.05, 4.69) is 16.3 Å². The fourth-order valence-electron chi connectivity index (χ4n) is 3.09. The van der Waals surface area contributed by atoms with E-state index in [0.717, 1.165) is 17.0 Å². The Hall–Kier alpha value is -2.88. The number of carbonyl (C=O) groups is 1. The van der Waals surface area contributed by atoms with E-state index in [0.29, 0.717) is 48.9 Å². The minimum atomic E-state index is -0.0133. The molecule has 7 nitrogen and oxygen atoms in total. The van der Waals surface area contributed by atoms with E-state index in [9.17, 15) is 10.1 Å². The zero-order valence-corrected chi connectivity index (χ0v) is 15.0. The molecular formula is C18H21N5O2. The Morgan fingerprint density at radius 1 is 1.16 bits per heavy atom. The second-order valence-electron chi connectivity index (χ2n) is 6.33. The van der Waals surface area contributed by atoms with Gasteiger partial charge in [0.05, 0.1) is 11.3 Å². The van der Waals surface area contributed by atoms with E-state index >= 15 is 0 Å². The van der Waals surface area contributed by atoms with Gasteiger partial charge in [-0.3, -0.25) is 4.79 Å². The molecule has 3 heterocycles. The number of piperazine rings is 1. The number of hydrogen-bond donors (Lipinski definition) is 0. The third-order valence-corrected chi connectivity index (χ3v) is 4.69. The molecule has 1 saturated heterocycles. The maximum atomic E-state index is 12.7. The maximum absolute atomic E-state index is 12.7. The van der Waals surface area contributed by atoms with Crippen LogP contribution in [-0.2, 0) is 0 Å². The number of nitrogens with zero attached hydrogens (tertiary/aromatic N) is 5. The first kappa shape index (κ1) is 17.0. The molecule has 0 unspecified atom stereocenters. The van der Waals surface area contributed by atoms with Gasteiger partial charge in [0.2, 0.25) is 0 Å². The second-order valence-corrected chi connectivity index (χ2v) is 6.33. The van der Waals surface area contributed by atoms with Gasteiger partial charge in [-0.25, -0.2) is 0 Å². The number of anilines is 1. The molecule has 130 valence electrons. The van der Waals surface area contributed by atoms with Gasteiger partial charge in [-0.2, -0.15) is 10.4 Å². The van der Waals surface area contributed by atoms with E-state index in [1.54, 1.807) is 13.0 Å². The molecule has 1 fully saturated rings. The Morgan fingerprint density at radius 2 is 1.84 bits per heavy atom. The van der Waals surface area contributed by atoms with Gasteiger partial charge in [0.25, 0.3) is 5.91 Å². The van der Waals surface area contributed by atoms with Crippen molar-refractivity contribution in [2.24, 2.45) is 0 Å². The molecule has 3 rings (SSSR count). The summed E-state index contributed by atoms with van der Waals surface area (Å²) >= 11 is 0. The van der Waals surface area contributed by atoms with Crippen molar-refractivity contribution < 1.29 is 9.21 Å². The lowest BCUT2D eigenvalue weighted by Crippen LogP contribution is -2.49. The number of furan rings is 1. The molecule has 0 bridgehead atoms. The van der Waals surface area contributed by atoms with E-state index in [1.807, 2.05) is 30.6 Å². The van der Waals surface area contributed by atoms with Gasteiger partial charge < -0.3 is 14.2 Å². The lowest BCUT2D eigenvalue weighted by Gasteiger charge is -2.35. The summed E-state index contributed by atoms with van der Waals surface area (Å²) < 4.78 is 5.46. The highest BCUT2D eigenvalue weighted by Crippen LogP contribution is 2.23. The normalized spacial score (nSPS) is 14.5. The summed E-state index contributed by atoms with van der Waals surface area (Å²) in [6, 6.07) is 4.02.